The maximum Gasteiger partial charge on any atom is 0.227 e. The zero-order valence-electron chi connectivity index (χ0n) is 14.9. The van der Waals surface area contributed by atoms with Crippen LogP contribution >= 0.6 is 0 Å². The van der Waals surface area contributed by atoms with Crippen LogP contribution in [0.3, 0.4) is 0 Å². The number of likely N-dealkylation sites (N-methyl/N-ethyl adjacent to an activating group) is 1. The van der Waals surface area contributed by atoms with Crippen molar-refractivity contribution < 1.29 is 9.53 Å². The second-order valence-electron chi connectivity index (χ2n) is 6.13. The Morgan fingerprint density at radius 3 is 2.48 bits per heavy atom. The van der Waals surface area contributed by atoms with E-state index in [1.54, 1.807) is 0 Å². The van der Waals surface area contributed by atoms with Crippen molar-refractivity contribution >= 4 is 5.91 Å². The predicted molar refractivity (Wildman–Crippen MR) is 94.4 cm³/mol. The second-order valence-corrected chi connectivity index (χ2v) is 6.13. The normalized spacial score (nSPS) is 11.6. The van der Waals surface area contributed by atoms with Crippen molar-refractivity contribution in [3.05, 3.63) is 29.8 Å². The molecule has 0 aliphatic heterocycles. The molecule has 1 aromatic rings. The van der Waals surface area contributed by atoms with E-state index in [-0.39, 0.29) is 5.91 Å². The van der Waals surface area contributed by atoms with Gasteiger partial charge in [-0.15, -0.1) is 0 Å². The molecule has 0 atom stereocenters. The fraction of sp³-hybridized carbons (Fsp3) is 0.611. The summed E-state index contributed by atoms with van der Waals surface area (Å²) in [4.78, 5) is 14.6. The molecule has 0 aliphatic carbocycles. The number of amides is 1. The Morgan fingerprint density at radius 1 is 1.26 bits per heavy atom. The Balaban J connectivity index is 2.68. The van der Waals surface area contributed by atoms with Gasteiger partial charge in [0.15, 0.2) is 0 Å². The van der Waals surface area contributed by atoms with Gasteiger partial charge in [-0.25, -0.2) is 0 Å². The Morgan fingerprint density at radius 2 is 1.91 bits per heavy atom. The summed E-state index contributed by atoms with van der Waals surface area (Å²) >= 11 is 0. The molecule has 1 aromatic carbocycles. The number of hydrogen-bond acceptors (Lipinski definition) is 4. The van der Waals surface area contributed by atoms with Gasteiger partial charge in [-0.1, -0.05) is 32.0 Å². The van der Waals surface area contributed by atoms with Crippen LogP contribution in [-0.2, 0) is 11.3 Å². The largest absolute Gasteiger partial charge is 0.492 e. The molecule has 0 unspecified atom stereocenters. The van der Waals surface area contributed by atoms with E-state index in [1.165, 1.54) is 0 Å². The van der Waals surface area contributed by atoms with Crippen molar-refractivity contribution in [2.45, 2.75) is 33.2 Å². The lowest BCUT2D eigenvalue weighted by molar-refractivity contribution is -0.131. The van der Waals surface area contributed by atoms with E-state index in [4.69, 9.17) is 10.5 Å². The minimum Gasteiger partial charge on any atom is -0.492 e. The standard InChI is InChI=1S/C18H31N3O2/c1-5-18(6-2,14-19)17(22)20-13-15-9-7-8-10-16(15)23-12-11-21(3)4/h7-10H,5-6,11-14,19H2,1-4H3,(H,20,22). The van der Waals surface area contributed by atoms with Crippen molar-refractivity contribution in [2.75, 3.05) is 33.8 Å². The van der Waals surface area contributed by atoms with Crippen molar-refractivity contribution in [1.82, 2.24) is 10.2 Å². The smallest absolute Gasteiger partial charge is 0.227 e. The molecule has 0 heterocycles. The fourth-order valence-electron chi connectivity index (χ4n) is 2.44. The van der Waals surface area contributed by atoms with Crippen LogP contribution in [0.25, 0.3) is 0 Å². The van der Waals surface area contributed by atoms with Crippen molar-refractivity contribution in [3.63, 3.8) is 0 Å². The molecular formula is C18H31N3O2. The lowest BCUT2D eigenvalue weighted by atomic mass is 9.81. The summed E-state index contributed by atoms with van der Waals surface area (Å²) in [6, 6.07) is 7.81. The van der Waals surface area contributed by atoms with Gasteiger partial charge in [-0.3, -0.25) is 4.79 Å². The molecule has 0 spiro atoms. The van der Waals surface area contributed by atoms with E-state index in [9.17, 15) is 4.79 Å². The van der Waals surface area contributed by atoms with Gasteiger partial charge < -0.3 is 20.7 Å². The molecule has 23 heavy (non-hydrogen) atoms. The Hall–Kier alpha value is -1.59. The number of carbonyl (C=O) groups is 1. The van der Waals surface area contributed by atoms with Gasteiger partial charge in [-0.2, -0.15) is 0 Å². The lowest BCUT2D eigenvalue weighted by Crippen LogP contribution is -2.45. The molecule has 0 aromatic heterocycles. The quantitative estimate of drug-likeness (QED) is 0.692. The number of nitrogens with zero attached hydrogens (tertiary/aromatic N) is 1. The third kappa shape index (κ3) is 5.52. The molecule has 0 bridgehead atoms. The third-order valence-corrected chi connectivity index (χ3v) is 4.43. The van der Waals surface area contributed by atoms with Crippen LogP contribution in [0.1, 0.15) is 32.3 Å². The zero-order valence-corrected chi connectivity index (χ0v) is 14.9. The molecule has 1 amide bonds. The average molecular weight is 321 g/mol. The highest BCUT2D eigenvalue weighted by Crippen LogP contribution is 2.25. The predicted octanol–water partition coefficient (Wildman–Crippen LogP) is 2.01. The van der Waals surface area contributed by atoms with E-state index in [0.717, 1.165) is 30.7 Å². The summed E-state index contributed by atoms with van der Waals surface area (Å²) in [6.45, 7) is 6.31. The molecule has 0 saturated heterocycles. The summed E-state index contributed by atoms with van der Waals surface area (Å²) in [5.41, 5.74) is 6.34. The van der Waals surface area contributed by atoms with Crippen molar-refractivity contribution in [1.29, 1.82) is 0 Å². The summed E-state index contributed by atoms with van der Waals surface area (Å²) in [5.74, 6) is 0.842. The second kappa shape index (κ2) is 9.53. The van der Waals surface area contributed by atoms with Gasteiger partial charge in [0.05, 0.1) is 5.41 Å². The monoisotopic (exact) mass is 321 g/mol. The molecule has 130 valence electrons. The van der Waals surface area contributed by atoms with Gasteiger partial charge in [0.25, 0.3) is 0 Å². The first-order valence-corrected chi connectivity index (χ1v) is 8.33. The van der Waals surface area contributed by atoms with Crippen LogP contribution in [0.5, 0.6) is 5.75 Å². The molecular weight excluding hydrogens is 290 g/mol. The van der Waals surface area contributed by atoms with E-state index in [0.29, 0.717) is 19.7 Å². The number of para-hydroxylation sites is 1. The van der Waals surface area contributed by atoms with Crippen LogP contribution in [0, 0.1) is 5.41 Å². The van der Waals surface area contributed by atoms with Crippen LogP contribution < -0.4 is 15.8 Å². The van der Waals surface area contributed by atoms with Gasteiger partial charge in [-0.05, 0) is 33.0 Å². The maximum absolute atomic E-state index is 12.5. The first-order chi connectivity index (χ1) is 11.0. The first kappa shape index (κ1) is 19.5. The van der Waals surface area contributed by atoms with Gasteiger partial charge in [0.2, 0.25) is 5.91 Å². The number of benzene rings is 1. The van der Waals surface area contributed by atoms with Crippen LogP contribution in [0.2, 0.25) is 0 Å². The number of rotatable bonds is 10. The minimum absolute atomic E-state index is 0.0214. The summed E-state index contributed by atoms with van der Waals surface area (Å²) < 4.78 is 5.83. The number of ether oxygens (including phenoxy) is 1. The van der Waals surface area contributed by atoms with Crippen molar-refractivity contribution in [2.24, 2.45) is 11.1 Å². The highest BCUT2D eigenvalue weighted by molar-refractivity contribution is 5.82. The number of nitrogens with one attached hydrogen (secondary N) is 1. The number of hydrogen-bond donors (Lipinski definition) is 2. The van der Waals surface area contributed by atoms with Crippen LogP contribution in [0.4, 0.5) is 0 Å². The SMILES string of the molecule is CCC(CC)(CN)C(=O)NCc1ccccc1OCCN(C)C. The number of nitrogens with two attached hydrogens (primary N) is 1. The zero-order chi connectivity index (χ0) is 17.3. The Kier molecular flexibility index (Phi) is 8.06. The highest BCUT2D eigenvalue weighted by atomic mass is 16.5. The molecule has 0 saturated carbocycles. The third-order valence-electron chi connectivity index (χ3n) is 4.43. The Bertz CT molecular complexity index is 477. The summed E-state index contributed by atoms with van der Waals surface area (Å²) in [6.07, 6.45) is 1.49. The first-order valence-electron chi connectivity index (χ1n) is 8.33. The molecule has 0 aliphatic rings. The van der Waals surface area contributed by atoms with Crippen LogP contribution in [0.15, 0.2) is 24.3 Å². The molecule has 0 fully saturated rings. The minimum atomic E-state index is -0.472. The van der Waals surface area contributed by atoms with E-state index >= 15 is 0 Å². The molecule has 3 N–H and O–H groups in total. The van der Waals surface area contributed by atoms with Crippen molar-refractivity contribution in [3.8, 4) is 5.75 Å². The van der Waals surface area contributed by atoms with E-state index in [2.05, 4.69) is 10.2 Å². The molecule has 0 radical (unpaired) electrons. The van der Waals surface area contributed by atoms with Gasteiger partial charge in [0.1, 0.15) is 12.4 Å². The molecule has 5 heteroatoms. The lowest BCUT2D eigenvalue weighted by Gasteiger charge is -2.28. The number of carbonyl (C=O) groups excluding carboxylic acids is 1. The van der Waals surface area contributed by atoms with E-state index < -0.39 is 5.41 Å². The van der Waals surface area contributed by atoms with Gasteiger partial charge >= 0.3 is 0 Å². The molecule has 5 nitrogen and oxygen atoms in total. The van der Waals surface area contributed by atoms with E-state index in [1.807, 2.05) is 52.2 Å². The fourth-order valence-corrected chi connectivity index (χ4v) is 2.44. The topological polar surface area (TPSA) is 67.6 Å². The molecule has 1 rings (SSSR count). The van der Waals surface area contributed by atoms with Crippen LogP contribution in [-0.4, -0.2) is 44.6 Å². The average Bonchev–Trinajstić information content (AvgIpc) is 2.55. The highest BCUT2D eigenvalue weighted by Gasteiger charge is 2.33. The van der Waals surface area contributed by atoms with Gasteiger partial charge in [0, 0.05) is 25.2 Å². The summed E-state index contributed by atoms with van der Waals surface area (Å²) in [5, 5.41) is 3.02. The Labute approximate surface area is 140 Å². The maximum atomic E-state index is 12.5. The summed E-state index contributed by atoms with van der Waals surface area (Å²) in [7, 11) is 4.02.